The number of nitrogens with zero attached hydrogens (tertiary/aromatic N) is 1. The summed E-state index contributed by atoms with van der Waals surface area (Å²) in [6.45, 7) is 8.25. The molecule has 4 heteroatoms. The highest BCUT2D eigenvalue weighted by Gasteiger charge is 2.49. The van der Waals surface area contributed by atoms with Crippen LogP contribution in [-0.4, -0.2) is 42.5 Å². The van der Waals surface area contributed by atoms with Crippen molar-refractivity contribution in [2.24, 2.45) is 11.7 Å². The average molecular weight is 241 g/mol. The number of likely N-dealkylation sites (N-methyl/N-ethyl adjacent to an activating group) is 1. The molecule has 17 heavy (non-hydrogen) atoms. The van der Waals surface area contributed by atoms with E-state index in [4.69, 9.17) is 5.73 Å². The maximum absolute atomic E-state index is 11.8. The van der Waals surface area contributed by atoms with E-state index in [1.807, 2.05) is 7.05 Å². The first-order valence-electron chi connectivity index (χ1n) is 6.70. The second-order valence-corrected chi connectivity index (χ2v) is 5.42. The summed E-state index contributed by atoms with van der Waals surface area (Å²) in [4.78, 5) is 14.2. The summed E-state index contributed by atoms with van der Waals surface area (Å²) in [6.07, 6.45) is 3.32. The van der Waals surface area contributed by atoms with E-state index in [0.29, 0.717) is 12.0 Å². The number of hydrogen-bond acceptors (Lipinski definition) is 3. The van der Waals surface area contributed by atoms with E-state index in [1.165, 1.54) is 0 Å². The summed E-state index contributed by atoms with van der Waals surface area (Å²) in [7, 11) is 1.85. The normalized spacial score (nSPS) is 19.6. The molecule has 0 saturated heterocycles. The Bertz CT molecular complexity index is 263. The van der Waals surface area contributed by atoms with Crippen molar-refractivity contribution in [3.05, 3.63) is 0 Å². The van der Waals surface area contributed by atoms with Crippen LogP contribution in [-0.2, 0) is 4.79 Å². The molecule has 0 bridgehead atoms. The van der Waals surface area contributed by atoms with Gasteiger partial charge in [0.25, 0.3) is 0 Å². The lowest BCUT2D eigenvalue weighted by atomic mass is 9.91. The predicted molar refractivity (Wildman–Crippen MR) is 70.7 cm³/mol. The SMILES string of the molecule is CCCN(CC(NC)(C(N)=O)C1CC1)C(C)C. The van der Waals surface area contributed by atoms with Crippen LogP contribution >= 0.6 is 0 Å². The standard InChI is InChI=1S/C13H27N3O/c1-5-8-16(10(2)3)9-13(15-4,12(14)17)11-6-7-11/h10-11,15H,5-9H2,1-4H3,(H2,14,17). The highest BCUT2D eigenvalue weighted by Crippen LogP contribution is 2.40. The van der Waals surface area contributed by atoms with Crippen LogP contribution in [0.3, 0.4) is 0 Å². The number of primary amides is 1. The van der Waals surface area contributed by atoms with Crippen molar-refractivity contribution in [3.8, 4) is 0 Å². The summed E-state index contributed by atoms with van der Waals surface area (Å²) in [6, 6.07) is 0.445. The molecule has 1 saturated carbocycles. The van der Waals surface area contributed by atoms with E-state index < -0.39 is 5.54 Å². The van der Waals surface area contributed by atoms with E-state index in [0.717, 1.165) is 32.4 Å². The molecule has 1 aliphatic carbocycles. The third kappa shape index (κ3) is 3.19. The van der Waals surface area contributed by atoms with Gasteiger partial charge in [-0.3, -0.25) is 9.69 Å². The quantitative estimate of drug-likeness (QED) is 0.665. The minimum Gasteiger partial charge on any atom is -0.368 e. The number of amides is 1. The average Bonchev–Trinajstić information content (AvgIpc) is 3.07. The van der Waals surface area contributed by atoms with Gasteiger partial charge in [0.1, 0.15) is 5.54 Å². The Labute approximate surface area is 105 Å². The lowest BCUT2D eigenvalue weighted by Gasteiger charge is -2.38. The Morgan fingerprint density at radius 3 is 2.41 bits per heavy atom. The Morgan fingerprint density at radius 1 is 1.53 bits per heavy atom. The Kier molecular flexibility index (Phi) is 4.95. The molecule has 1 atom stereocenters. The van der Waals surface area contributed by atoms with Gasteiger partial charge in [-0.25, -0.2) is 0 Å². The van der Waals surface area contributed by atoms with E-state index in [2.05, 4.69) is 31.0 Å². The van der Waals surface area contributed by atoms with E-state index in [9.17, 15) is 4.79 Å². The zero-order valence-corrected chi connectivity index (χ0v) is 11.6. The summed E-state index contributed by atoms with van der Waals surface area (Å²) < 4.78 is 0. The third-order valence-electron chi connectivity index (χ3n) is 3.85. The topological polar surface area (TPSA) is 58.4 Å². The molecule has 3 N–H and O–H groups in total. The molecule has 4 nitrogen and oxygen atoms in total. The van der Waals surface area contributed by atoms with Gasteiger partial charge in [0.15, 0.2) is 0 Å². The molecule has 0 aromatic rings. The fraction of sp³-hybridized carbons (Fsp3) is 0.923. The van der Waals surface area contributed by atoms with Gasteiger partial charge in [0, 0.05) is 12.6 Å². The second-order valence-electron chi connectivity index (χ2n) is 5.42. The van der Waals surface area contributed by atoms with Gasteiger partial charge in [-0.05, 0) is 52.6 Å². The van der Waals surface area contributed by atoms with Gasteiger partial charge in [0.05, 0.1) is 0 Å². The maximum atomic E-state index is 11.8. The van der Waals surface area contributed by atoms with Crippen molar-refractivity contribution in [2.45, 2.75) is 51.6 Å². The van der Waals surface area contributed by atoms with Crippen LogP contribution in [0.2, 0.25) is 0 Å². The Balaban J connectivity index is 2.79. The lowest BCUT2D eigenvalue weighted by Crippen LogP contribution is -2.63. The molecule has 1 rings (SSSR count). The van der Waals surface area contributed by atoms with Crippen LogP contribution < -0.4 is 11.1 Å². The number of hydrogen-bond donors (Lipinski definition) is 2. The van der Waals surface area contributed by atoms with Gasteiger partial charge >= 0.3 is 0 Å². The van der Waals surface area contributed by atoms with Gasteiger partial charge in [-0.15, -0.1) is 0 Å². The molecule has 0 aliphatic heterocycles. The van der Waals surface area contributed by atoms with Crippen molar-refractivity contribution in [2.75, 3.05) is 20.1 Å². The first-order valence-corrected chi connectivity index (χ1v) is 6.70. The van der Waals surface area contributed by atoms with Crippen LogP contribution in [0.25, 0.3) is 0 Å². The smallest absolute Gasteiger partial charge is 0.239 e. The van der Waals surface area contributed by atoms with Crippen LogP contribution in [0.4, 0.5) is 0 Å². The van der Waals surface area contributed by atoms with E-state index in [1.54, 1.807) is 0 Å². The van der Waals surface area contributed by atoms with Crippen LogP contribution in [0.1, 0.15) is 40.0 Å². The summed E-state index contributed by atoms with van der Waals surface area (Å²) in [5.74, 6) is 0.215. The van der Waals surface area contributed by atoms with Crippen LogP contribution in [0.15, 0.2) is 0 Å². The highest BCUT2D eigenvalue weighted by atomic mass is 16.1. The first-order chi connectivity index (χ1) is 7.97. The molecule has 1 amide bonds. The van der Waals surface area contributed by atoms with Crippen LogP contribution in [0, 0.1) is 5.92 Å². The molecule has 0 radical (unpaired) electrons. The summed E-state index contributed by atoms with van der Waals surface area (Å²) in [5, 5.41) is 3.20. The number of rotatable bonds is 8. The fourth-order valence-electron chi connectivity index (χ4n) is 2.52. The number of carbonyl (C=O) groups is 1. The highest BCUT2D eigenvalue weighted by molar-refractivity contribution is 5.86. The monoisotopic (exact) mass is 241 g/mol. The van der Waals surface area contributed by atoms with Crippen molar-refractivity contribution in [1.82, 2.24) is 10.2 Å². The molecule has 0 spiro atoms. The largest absolute Gasteiger partial charge is 0.368 e. The van der Waals surface area contributed by atoms with E-state index >= 15 is 0 Å². The fourth-order valence-corrected chi connectivity index (χ4v) is 2.52. The summed E-state index contributed by atoms with van der Waals surface area (Å²) >= 11 is 0. The molecule has 0 aromatic heterocycles. The number of nitrogens with one attached hydrogen (secondary N) is 1. The molecule has 1 aliphatic rings. The maximum Gasteiger partial charge on any atom is 0.239 e. The molecule has 100 valence electrons. The minimum atomic E-state index is -0.528. The molecule has 1 fully saturated rings. The van der Waals surface area contributed by atoms with Gasteiger partial charge in [-0.1, -0.05) is 6.92 Å². The van der Waals surface area contributed by atoms with Gasteiger partial charge < -0.3 is 11.1 Å². The van der Waals surface area contributed by atoms with Gasteiger partial charge in [-0.2, -0.15) is 0 Å². The van der Waals surface area contributed by atoms with Crippen molar-refractivity contribution < 1.29 is 4.79 Å². The first kappa shape index (κ1) is 14.5. The lowest BCUT2D eigenvalue weighted by molar-refractivity contribution is -0.126. The van der Waals surface area contributed by atoms with Crippen molar-refractivity contribution in [3.63, 3.8) is 0 Å². The summed E-state index contributed by atoms with van der Waals surface area (Å²) in [5.41, 5.74) is 5.11. The zero-order valence-electron chi connectivity index (χ0n) is 11.6. The second kappa shape index (κ2) is 5.83. The van der Waals surface area contributed by atoms with Crippen LogP contribution in [0.5, 0.6) is 0 Å². The third-order valence-corrected chi connectivity index (χ3v) is 3.85. The van der Waals surface area contributed by atoms with Crippen molar-refractivity contribution in [1.29, 1.82) is 0 Å². The molecule has 0 heterocycles. The van der Waals surface area contributed by atoms with E-state index in [-0.39, 0.29) is 5.91 Å². The molecule has 1 unspecified atom stereocenters. The number of carbonyl (C=O) groups excluding carboxylic acids is 1. The Hall–Kier alpha value is -0.610. The van der Waals surface area contributed by atoms with Gasteiger partial charge in [0.2, 0.25) is 5.91 Å². The molecular formula is C13H27N3O. The molecular weight excluding hydrogens is 214 g/mol. The predicted octanol–water partition coefficient (Wildman–Crippen LogP) is 0.960. The Morgan fingerprint density at radius 2 is 2.12 bits per heavy atom. The molecule has 0 aromatic carbocycles. The zero-order chi connectivity index (χ0) is 13.1. The minimum absolute atomic E-state index is 0.204. The van der Waals surface area contributed by atoms with Crippen molar-refractivity contribution >= 4 is 5.91 Å². The number of nitrogens with two attached hydrogens (primary N) is 1.